The van der Waals surface area contributed by atoms with Gasteiger partial charge < -0.3 is 14.6 Å². The Morgan fingerprint density at radius 1 is 1.10 bits per heavy atom. The zero-order chi connectivity index (χ0) is 14.5. The maximum Gasteiger partial charge on any atom is 0.133 e. The first-order chi connectivity index (χ1) is 9.60. The molecule has 0 heterocycles. The third-order valence-electron chi connectivity index (χ3n) is 2.78. The second-order valence-corrected chi connectivity index (χ2v) is 5.28. The zero-order valence-electron chi connectivity index (χ0n) is 11.5. The second-order valence-electron chi connectivity index (χ2n) is 4.36. The predicted molar refractivity (Wildman–Crippen MR) is 82.5 cm³/mol. The van der Waals surface area contributed by atoms with Crippen molar-refractivity contribution in [3.05, 3.63) is 52.5 Å². The fourth-order valence-electron chi connectivity index (χ4n) is 1.84. The molecule has 0 aromatic heterocycles. The Kier molecular flexibility index (Phi) is 5.04. The van der Waals surface area contributed by atoms with E-state index in [2.05, 4.69) is 15.9 Å². The van der Waals surface area contributed by atoms with Crippen LogP contribution in [-0.4, -0.2) is 11.7 Å². The fourth-order valence-corrected chi connectivity index (χ4v) is 2.22. The quantitative estimate of drug-likeness (QED) is 0.860. The van der Waals surface area contributed by atoms with Gasteiger partial charge in [-0.15, -0.1) is 0 Å². The molecule has 0 saturated heterocycles. The fraction of sp³-hybridized carbons (Fsp3) is 0.250. The summed E-state index contributed by atoms with van der Waals surface area (Å²) in [6.45, 7) is 4.30. The second kappa shape index (κ2) is 6.77. The van der Waals surface area contributed by atoms with E-state index in [4.69, 9.17) is 9.47 Å². The monoisotopic (exact) mass is 336 g/mol. The van der Waals surface area contributed by atoms with Gasteiger partial charge in [0.05, 0.1) is 12.7 Å². The van der Waals surface area contributed by atoms with Crippen molar-refractivity contribution >= 4 is 15.9 Å². The molecule has 2 aromatic carbocycles. The highest BCUT2D eigenvalue weighted by Crippen LogP contribution is 2.32. The molecule has 2 aromatic rings. The van der Waals surface area contributed by atoms with Crippen LogP contribution < -0.4 is 9.47 Å². The standard InChI is InChI=1S/C16H17BrO3/c1-3-19-13-5-7-14(8-6-13)20-16-9-4-12(17)10-15(16)11(2)18/h4-11,18H,3H2,1-2H3. The summed E-state index contributed by atoms with van der Waals surface area (Å²) in [4.78, 5) is 0. The molecule has 0 aliphatic heterocycles. The van der Waals surface area contributed by atoms with Crippen LogP contribution in [0.25, 0.3) is 0 Å². The first kappa shape index (κ1) is 14.9. The van der Waals surface area contributed by atoms with Crippen molar-refractivity contribution in [3.63, 3.8) is 0 Å². The third kappa shape index (κ3) is 3.74. The Hall–Kier alpha value is -1.52. The van der Waals surface area contributed by atoms with Gasteiger partial charge >= 0.3 is 0 Å². The highest BCUT2D eigenvalue weighted by Gasteiger charge is 2.10. The van der Waals surface area contributed by atoms with Crippen molar-refractivity contribution in [2.45, 2.75) is 20.0 Å². The van der Waals surface area contributed by atoms with E-state index < -0.39 is 6.10 Å². The maximum atomic E-state index is 9.80. The van der Waals surface area contributed by atoms with E-state index in [9.17, 15) is 5.11 Å². The van der Waals surface area contributed by atoms with Crippen LogP contribution >= 0.6 is 15.9 Å². The van der Waals surface area contributed by atoms with Crippen LogP contribution in [0.3, 0.4) is 0 Å². The van der Waals surface area contributed by atoms with Gasteiger partial charge in [0, 0.05) is 10.0 Å². The summed E-state index contributed by atoms with van der Waals surface area (Å²) in [5.41, 5.74) is 0.744. The highest BCUT2D eigenvalue weighted by atomic mass is 79.9. The molecular formula is C16H17BrO3. The topological polar surface area (TPSA) is 38.7 Å². The van der Waals surface area contributed by atoms with Crippen molar-refractivity contribution in [2.24, 2.45) is 0 Å². The van der Waals surface area contributed by atoms with Crippen LogP contribution in [0.15, 0.2) is 46.9 Å². The van der Waals surface area contributed by atoms with Crippen molar-refractivity contribution < 1.29 is 14.6 Å². The Labute approximate surface area is 127 Å². The number of hydrogen-bond acceptors (Lipinski definition) is 3. The molecule has 3 nitrogen and oxygen atoms in total. The number of benzene rings is 2. The lowest BCUT2D eigenvalue weighted by molar-refractivity contribution is 0.195. The Morgan fingerprint density at radius 2 is 1.75 bits per heavy atom. The molecule has 2 rings (SSSR count). The van der Waals surface area contributed by atoms with Gasteiger partial charge in [-0.3, -0.25) is 0 Å². The molecule has 20 heavy (non-hydrogen) atoms. The summed E-state index contributed by atoms with van der Waals surface area (Å²) < 4.78 is 12.1. The molecule has 0 bridgehead atoms. The van der Waals surface area contributed by atoms with Crippen LogP contribution in [0.4, 0.5) is 0 Å². The molecule has 106 valence electrons. The highest BCUT2D eigenvalue weighted by molar-refractivity contribution is 9.10. The van der Waals surface area contributed by atoms with E-state index in [1.165, 1.54) is 0 Å². The summed E-state index contributed by atoms with van der Waals surface area (Å²) in [5.74, 6) is 2.16. The molecule has 0 radical (unpaired) electrons. The normalized spacial score (nSPS) is 12.0. The molecule has 1 N–H and O–H groups in total. The van der Waals surface area contributed by atoms with E-state index in [1.54, 1.807) is 6.92 Å². The lowest BCUT2D eigenvalue weighted by Gasteiger charge is -2.14. The van der Waals surface area contributed by atoms with Crippen LogP contribution in [-0.2, 0) is 0 Å². The smallest absolute Gasteiger partial charge is 0.133 e. The summed E-state index contributed by atoms with van der Waals surface area (Å²) in [6.07, 6.45) is -0.592. The minimum Gasteiger partial charge on any atom is -0.494 e. The maximum absolute atomic E-state index is 9.80. The third-order valence-corrected chi connectivity index (χ3v) is 3.28. The summed E-state index contributed by atoms with van der Waals surface area (Å²) in [7, 11) is 0. The summed E-state index contributed by atoms with van der Waals surface area (Å²) in [6, 6.07) is 13.0. The summed E-state index contributed by atoms with van der Waals surface area (Å²) in [5, 5.41) is 9.80. The molecule has 0 spiro atoms. The molecule has 0 aliphatic rings. The number of hydrogen-bond donors (Lipinski definition) is 1. The van der Waals surface area contributed by atoms with Gasteiger partial charge in [-0.1, -0.05) is 15.9 Å². The molecule has 1 unspecified atom stereocenters. The molecule has 0 saturated carbocycles. The Bertz CT molecular complexity index is 564. The van der Waals surface area contributed by atoms with Gasteiger partial charge in [-0.25, -0.2) is 0 Å². The molecule has 0 amide bonds. The van der Waals surface area contributed by atoms with Crippen LogP contribution in [0.2, 0.25) is 0 Å². The van der Waals surface area contributed by atoms with Gasteiger partial charge in [0.25, 0.3) is 0 Å². The van der Waals surface area contributed by atoms with Gasteiger partial charge in [0.15, 0.2) is 0 Å². The lowest BCUT2D eigenvalue weighted by atomic mass is 10.1. The van der Waals surface area contributed by atoms with Gasteiger partial charge in [0.2, 0.25) is 0 Å². The number of ether oxygens (including phenoxy) is 2. The first-order valence-electron chi connectivity index (χ1n) is 6.48. The minimum atomic E-state index is -0.592. The minimum absolute atomic E-state index is 0.592. The van der Waals surface area contributed by atoms with Crippen molar-refractivity contribution in [3.8, 4) is 17.2 Å². The number of rotatable bonds is 5. The SMILES string of the molecule is CCOc1ccc(Oc2ccc(Br)cc2C(C)O)cc1. The predicted octanol–water partition coefficient (Wildman–Crippen LogP) is 4.69. The van der Waals surface area contributed by atoms with E-state index in [0.29, 0.717) is 18.1 Å². The van der Waals surface area contributed by atoms with Crippen LogP contribution in [0.5, 0.6) is 17.2 Å². The van der Waals surface area contributed by atoms with Crippen molar-refractivity contribution in [2.75, 3.05) is 6.61 Å². The molecule has 4 heteroatoms. The first-order valence-corrected chi connectivity index (χ1v) is 7.27. The average molecular weight is 337 g/mol. The molecule has 0 aliphatic carbocycles. The van der Waals surface area contributed by atoms with Crippen LogP contribution in [0, 0.1) is 0 Å². The Morgan fingerprint density at radius 3 is 2.35 bits per heavy atom. The van der Waals surface area contributed by atoms with E-state index in [1.807, 2.05) is 49.4 Å². The van der Waals surface area contributed by atoms with Crippen LogP contribution in [0.1, 0.15) is 25.5 Å². The average Bonchev–Trinajstić information content (AvgIpc) is 2.43. The number of aliphatic hydroxyl groups is 1. The molecule has 1 atom stereocenters. The van der Waals surface area contributed by atoms with E-state index >= 15 is 0 Å². The van der Waals surface area contributed by atoms with E-state index in [0.717, 1.165) is 15.8 Å². The molecule has 0 fully saturated rings. The Balaban J connectivity index is 2.21. The largest absolute Gasteiger partial charge is 0.494 e. The van der Waals surface area contributed by atoms with Gasteiger partial charge in [0.1, 0.15) is 17.2 Å². The number of halogens is 1. The summed E-state index contributed by atoms with van der Waals surface area (Å²) >= 11 is 3.39. The van der Waals surface area contributed by atoms with Crippen molar-refractivity contribution in [1.82, 2.24) is 0 Å². The van der Waals surface area contributed by atoms with Gasteiger partial charge in [-0.2, -0.15) is 0 Å². The zero-order valence-corrected chi connectivity index (χ0v) is 13.1. The van der Waals surface area contributed by atoms with E-state index in [-0.39, 0.29) is 0 Å². The van der Waals surface area contributed by atoms with Crippen molar-refractivity contribution in [1.29, 1.82) is 0 Å². The van der Waals surface area contributed by atoms with Gasteiger partial charge in [-0.05, 0) is 56.3 Å². The number of aliphatic hydroxyl groups excluding tert-OH is 1. The molecular weight excluding hydrogens is 320 g/mol. The lowest BCUT2D eigenvalue weighted by Crippen LogP contribution is -1.96.